The van der Waals surface area contributed by atoms with Crippen LogP contribution in [0, 0.1) is 5.82 Å². The maximum atomic E-state index is 13.2. The van der Waals surface area contributed by atoms with Gasteiger partial charge in [0.1, 0.15) is 24.2 Å². The van der Waals surface area contributed by atoms with Crippen LogP contribution >= 0.6 is 0 Å². The SMILES string of the molecule is CCNC(=NCc1ccc(C(N)=O)o1)N1CC(C)OC(c2ccc(F)cc2)C1. The molecule has 7 nitrogen and oxygen atoms in total. The Morgan fingerprint density at radius 3 is 2.68 bits per heavy atom. The normalized spacial score (nSPS) is 20.2. The van der Waals surface area contributed by atoms with E-state index in [0.717, 1.165) is 11.5 Å². The molecule has 28 heavy (non-hydrogen) atoms. The molecule has 8 heteroatoms. The minimum Gasteiger partial charge on any atom is -0.454 e. The molecule has 1 aliphatic heterocycles. The molecule has 2 unspecified atom stereocenters. The number of guanidine groups is 1. The number of nitrogens with one attached hydrogen (secondary N) is 1. The number of nitrogens with two attached hydrogens (primary N) is 1. The number of halogens is 1. The highest BCUT2D eigenvalue weighted by Gasteiger charge is 2.28. The second kappa shape index (κ2) is 8.88. The van der Waals surface area contributed by atoms with E-state index in [0.29, 0.717) is 25.4 Å². The first-order valence-corrected chi connectivity index (χ1v) is 9.29. The summed E-state index contributed by atoms with van der Waals surface area (Å²) in [6.07, 6.45) is -0.198. The summed E-state index contributed by atoms with van der Waals surface area (Å²) in [6.45, 7) is 6.24. The van der Waals surface area contributed by atoms with Gasteiger partial charge < -0.3 is 25.1 Å². The van der Waals surface area contributed by atoms with Gasteiger partial charge in [0.05, 0.1) is 12.6 Å². The van der Waals surface area contributed by atoms with E-state index in [-0.39, 0.29) is 30.3 Å². The van der Waals surface area contributed by atoms with Crippen molar-refractivity contribution >= 4 is 11.9 Å². The van der Waals surface area contributed by atoms with Crippen LogP contribution in [0.2, 0.25) is 0 Å². The first kappa shape index (κ1) is 19.9. The van der Waals surface area contributed by atoms with Gasteiger partial charge in [0.15, 0.2) is 11.7 Å². The summed E-state index contributed by atoms with van der Waals surface area (Å²) < 4.78 is 24.7. The zero-order valence-corrected chi connectivity index (χ0v) is 16.0. The average Bonchev–Trinajstić information content (AvgIpc) is 3.14. The maximum Gasteiger partial charge on any atom is 0.284 e. The van der Waals surface area contributed by atoms with E-state index in [1.54, 1.807) is 24.3 Å². The topological polar surface area (TPSA) is 93.1 Å². The van der Waals surface area contributed by atoms with Crippen LogP contribution in [0.5, 0.6) is 0 Å². The second-order valence-corrected chi connectivity index (χ2v) is 6.69. The fourth-order valence-electron chi connectivity index (χ4n) is 3.16. The van der Waals surface area contributed by atoms with Crippen LogP contribution in [0.1, 0.15) is 41.8 Å². The van der Waals surface area contributed by atoms with E-state index in [1.807, 2.05) is 13.8 Å². The van der Waals surface area contributed by atoms with Crippen LogP contribution < -0.4 is 11.1 Å². The largest absolute Gasteiger partial charge is 0.454 e. The highest BCUT2D eigenvalue weighted by atomic mass is 19.1. The van der Waals surface area contributed by atoms with Crippen molar-refractivity contribution in [1.29, 1.82) is 0 Å². The van der Waals surface area contributed by atoms with Gasteiger partial charge in [0, 0.05) is 13.1 Å². The molecular formula is C20H25FN4O3. The molecule has 0 aliphatic carbocycles. The van der Waals surface area contributed by atoms with Crippen molar-refractivity contribution in [2.45, 2.75) is 32.6 Å². The number of ether oxygens (including phenoxy) is 1. The molecule has 0 spiro atoms. The van der Waals surface area contributed by atoms with Crippen LogP contribution in [-0.2, 0) is 11.3 Å². The number of amides is 1. The zero-order valence-electron chi connectivity index (χ0n) is 16.0. The molecule has 2 atom stereocenters. The molecule has 0 saturated carbocycles. The Labute approximate surface area is 163 Å². The van der Waals surface area contributed by atoms with Crippen LogP contribution in [0.15, 0.2) is 45.8 Å². The summed E-state index contributed by atoms with van der Waals surface area (Å²) in [4.78, 5) is 17.9. The Balaban J connectivity index is 1.75. The van der Waals surface area contributed by atoms with Crippen molar-refractivity contribution in [3.63, 3.8) is 0 Å². The van der Waals surface area contributed by atoms with Gasteiger partial charge in [-0.3, -0.25) is 4.79 Å². The molecule has 3 N–H and O–H groups in total. The number of carbonyl (C=O) groups excluding carboxylic acids is 1. The monoisotopic (exact) mass is 388 g/mol. The summed E-state index contributed by atoms with van der Waals surface area (Å²) in [5.41, 5.74) is 6.14. The summed E-state index contributed by atoms with van der Waals surface area (Å²) >= 11 is 0. The summed E-state index contributed by atoms with van der Waals surface area (Å²) in [5, 5.41) is 3.28. The van der Waals surface area contributed by atoms with Crippen molar-refractivity contribution in [3.8, 4) is 0 Å². The molecule has 1 aromatic carbocycles. The first-order valence-electron chi connectivity index (χ1n) is 9.29. The third-order valence-electron chi connectivity index (χ3n) is 4.43. The number of benzene rings is 1. The number of hydrogen-bond donors (Lipinski definition) is 2. The quantitative estimate of drug-likeness (QED) is 0.606. The number of aliphatic imine (C=N–C) groups is 1. The Morgan fingerprint density at radius 2 is 2.04 bits per heavy atom. The summed E-state index contributed by atoms with van der Waals surface area (Å²) in [5.74, 6) is 0.522. The molecule has 1 saturated heterocycles. The molecule has 1 aromatic heterocycles. The molecular weight excluding hydrogens is 363 g/mol. The van der Waals surface area contributed by atoms with Crippen molar-refractivity contribution in [1.82, 2.24) is 10.2 Å². The lowest BCUT2D eigenvalue weighted by Crippen LogP contribution is -2.50. The lowest BCUT2D eigenvalue weighted by atomic mass is 10.1. The van der Waals surface area contributed by atoms with E-state index >= 15 is 0 Å². The van der Waals surface area contributed by atoms with Gasteiger partial charge in [-0.25, -0.2) is 9.38 Å². The summed E-state index contributed by atoms with van der Waals surface area (Å²) in [6, 6.07) is 9.60. The Hall–Kier alpha value is -2.87. The molecule has 1 fully saturated rings. The predicted molar refractivity (Wildman–Crippen MR) is 103 cm³/mol. The van der Waals surface area contributed by atoms with Gasteiger partial charge >= 0.3 is 0 Å². The lowest BCUT2D eigenvalue weighted by Gasteiger charge is -2.38. The minimum absolute atomic E-state index is 0.0160. The minimum atomic E-state index is -0.605. The number of furan rings is 1. The Morgan fingerprint density at radius 1 is 1.29 bits per heavy atom. The van der Waals surface area contributed by atoms with Crippen LogP contribution in [0.3, 0.4) is 0 Å². The average molecular weight is 388 g/mol. The van der Waals surface area contributed by atoms with E-state index in [1.165, 1.54) is 12.1 Å². The molecule has 2 heterocycles. The fourth-order valence-corrected chi connectivity index (χ4v) is 3.16. The number of carbonyl (C=O) groups is 1. The number of primary amides is 1. The van der Waals surface area contributed by atoms with Crippen LogP contribution in [-0.4, -0.2) is 42.5 Å². The third-order valence-corrected chi connectivity index (χ3v) is 4.43. The fraction of sp³-hybridized carbons (Fsp3) is 0.400. The van der Waals surface area contributed by atoms with E-state index in [4.69, 9.17) is 14.9 Å². The van der Waals surface area contributed by atoms with Gasteiger partial charge in [-0.2, -0.15) is 0 Å². The number of hydrogen-bond acceptors (Lipinski definition) is 4. The van der Waals surface area contributed by atoms with E-state index in [9.17, 15) is 9.18 Å². The smallest absolute Gasteiger partial charge is 0.284 e. The molecule has 2 aromatic rings. The molecule has 150 valence electrons. The lowest BCUT2D eigenvalue weighted by molar-refractivity contribution is -0.0605. The molecule has 0 bridgehead atoms. The standard InChI is InChI=1S/C20H25FN4O3/c1-3-23-20(24-10-16-8-9-17(28-16)19(22)26)25-11-13(2)27-18(12-25)14-4-6-15(21)7-5-14/h4-9,13,18H,3,10-12H2,1-2H3,(H2,22,26)(H,23,24). The highest BCUT2D eigenvalue weighted by molar-refractivity contribution is 5.89. The van der Waals surface area contributed by atoms with Crippen molar-refractivity contribution < 1.29 is 18.3 Å². The molecule has 3 rings (SSSR count). The van der Waals surface area contributed by atoms with Gasteiger partial charge in [0.2, 0.25) is 0 Å². The Kier molecular flexibility index (Phi) is 6.30. The van der Waals surface area contributed by atoms with Gasteiger partial charge in [0.25, 0.3) is 5.91 Å². The zero-order chi connectivity index (χ0) is 20.1. The Bertz CT molecular complexity index is 834. The first-order chi connectivity index (χ1) is 13.5. The van der Waals surface area contributed by atoms with Crippen molar-refractivity contribution in [3.05, 3.63) is 59.3 Å². The predicted octanol–water partition coefficient (Wildman–Crippen LogP) is 2.45. The van der Waals surface area contributed by atoms with Gasteiger partial charge in [-0.15, -0.1) is 0 Å². The molecule has 1 aliphatic rings. The number of morpholine rings is 1. The van der Waals surface area contributed by atoms with Gasteiger partial charge in [-0.1, -0.05) is 12.1 Å². The van der Waals surface area contributed by atoms with Crippen molar-refractivity contribution in [2.24, 2.45) is 10.7 Å². The number of nitrogens with zero attached hydrogens (tertiary/aromatic N) is 2. The van der Waals surface area contributed by atoms with E-state index in [2.05, 4.69) is 15.2 Å². The molecule has 0 radical (unpaired) electrons. The highest BCUT2D eigenvalue weighted by Crippen LogP contribution is 2.25. The van der Waals surface area contributed by atoms with E-state index < -0.39 is 5.91 Å². The summed E-state index contributed by atoms with van der Waals surface area (Å²) in [7, 11) is 0. The molecule has 1 amide bonds. The van der Waals surface area contributed by atoms with Crippen molar-refractivity contribution in [2.75, 3.05) is 19.6 Å². The third kappa shape index (κ3) is 4.89. The maximum absolute atomic E-state index is 13.2. The van der Waals surface area contributed by atoms with Crippen LogP contribution in [0.25, 0.3) is 0 Å². The van der Waals surface area contributed by atoms with Crippen LogP contribution in [0.4, 0.5) is 4.39 Å². The van der Waals surface area contributed by atoms with Gasteiger partial charge in [-0.05, 0) is 43.7 Å². The number of rotatable bonds is 5. The second-order valence-electron chi connectivity index (χ2n) is 6.69.